The summed E-state index contributed by atoms with van der Waals surface area (Å²) in [6.07, 6.45) is 9.87. The van der Waals surface area contributed by atoms with E-state index in [9.17, 15) is 9.59 Å². The molecule has 3 heterocycles. The van der Waals surface area contributed by atoms with Crippen LogP contribution in [0.4, 0.5) is 0 Å². The van der Waals surface area contributed by atoms with Gasteiger partial charge in [0.25, 0.3) is 0 Å². The van der Waals surface area contributed by atoms with Gasteiger partial charge in [0.2, 0.25) is 11.8 Å². The normalized spacial score (nSPS) is 23.4. The molecular weight excluding hydrogens is 356 g/mol. The number of pyridine rings is 1. The molecule has 0 radical (unpaired) electrons. The van der Waals surface area contributed by atoms with Crippen LogP contribution in [0, 0.1) is 0 Å². The van der Waals surface area contributed by atoms with E-state index in [1.807, 2.05) is 4.90 Å². The molecule has 154 valence electrons. The molecule has 1 atom stereocenters. The molecule has 1 aromatic heterocycles. The van der Waals surface area contributed by atoms with Gasteiger partial charge in [-0.3, -0.25) is 19.5 Å². The summed E-state index contributed by atoms with van der Waals surface area (Å²) in [5.41, 5.74) is 0. The summed E-state index contributed by atoms with van der Waals surface area (Å²) in [6, 6.07) is 3.82. The lowest BCUT2D eigenvalue weighted by molar-refractivity contribution is -0.142. The van der Waals surface area contributed by atoms with Crippen LogP contribution in [0.25, 0.3) is 0 Å². The van der Waals surface area contributed by atoms with E-state index in [1.54, 1.807) is 30.2 Å². The number of carbonyl (C=O) groups excluding carboxylic acids is 2. The molecule has 2 aliphatic heterocycles. The highest BCUT2D eigenvalue weighted by Gasteiger charge is 2.36. The van der Waals surface area contributed by atoms with Gasteiger partial charge in [-0.25, -0.2) is 0 Å². The van der Waals surface area contributed by atoms with E-state index in [0.29, 0.717) is 0 Å². The van der Waals surface area contributed by atoms with Crippen molar-refractivity contribution in [3.8, 4) is 5.75 Å². The van der Waals surface area contributed by atoms with E-state index in [1.165, 1.54) is 25.5 Å². The second kappa shape index (κ2) is 9.87. The Bertz CT molecular complexity index is 650. The minimum absolute atomic E-state index is 0.0387. The van der Waals surface area contributed by atoms with Crippen LogP contribution in [-0.2, 0) is 9.59 Å². The average Bonchev–Trinajstić information content (AvgIpc) is 3.02. The average molecular weight is 389 g/mol. The quantitative estimate of drug-likeness (QED) is 0.837. The van der Waals surface area contributed by atoms with Gasteiger partial charge in [-0.2, -0.15) is 0 Å². The summed E-state index contributed by atoms with van der Waals surface area (Å²) in [5.74, 6) is 0.428. The number of hydrogen-bond donors (Lipinski definition) is 1. The van der Waals surface area contributed by atoms with Gasteiger partial charge in [-0.05, 0) is 44.2 Å². The van der Waals surface area contributed by atoms with Crippen LogP contribution in [0.2, 0.25) is 0 Å². The van der Waals surface area contributed by atoms with Gasteiger partial charge in [0, 0.05) is 51.9 Å². The fourth-order valence-electron chi connectivity index (χ4n) is 4.24. The van der Waals surface area contributed by atoms with Crippen molar-refractivity contribution in [2.45, 2.75) is 57.5 Å². The summed E-state index contributed by atoms with van der Waals surface area (Å²) < 4.78 is 0. The van der Waals surface area contributed by atoms with Crippen molar-refractivity contribution in [1.82, 2.24) is 19.7 Å². The number of aromatic hydroxyl groups is 1. The molecule has 2 saturated heterocycles. The zero-order chi connectivity index (χ0) is 19.9. The van der Waals surface area contributed by atoms with Crippen LogP contribution in [0.3, 0.4) is 0 Å². The molecule has 1 aliphatic carbocycles. The van der Waals surface area contributed by atoms with Gasteiger partial charge in [0.1, 0.15) is 11.8 Å². The first-order valence-corrected chi connectivity index (χ1v) is 10.5. The van der Waals surface area contributed by atoms with Crippen molar-refractivity contribution in [3.05, 3.63) is 24.5 Å². The molecule has 0 bridgehead atoms. The van der Waals surface area contributed by atoms with E-state index in [4.69, 9.17) is 5.11 Å². The topological polar surface area (TPSA) is 77.0 Å². The van der Waals surface area contributed by atoms with Gasteiger partial charge in [0.05, 0.1) is 6.20 Å². The fourth-order valence-corrected chi connectivity index (χ4v) is 4.24. The minimum Gasteiger partial charge on any atom is -0.506 e. The maximum atomic E-state index is 12.7. The molecule has 0 aromatic carbocycles. The zero-order valence-electron chi connectivity index (χ0n) is 16.8. The molecule has 0 unspecified atom stereocenters. The Morgan fingerprint density at radius 1 is 1.04 bits per heavy atom. The van der Waals surface area contributed by atoms with Crippen molar-refractivity contribution < 1.29 is 14.7 Å². The second-order valence-electron chi connectivity index (χ2n) is 7.88. The van der Waals surface area contributed by atoms with Crippen LogP contribution in [-0.4, -0.2) is 81.4 Å². The fraction of sp³-hybridized carbons (Fsp3) is 0.667. The lowest BCUT2D eigenvalue weighted by Crippen LogP contribution is -2.48. The number of amides is 2. The predicted molar refractivity (Wildman–Crippen MR) is 107 cm³/mol. The lowest BCUT2D eigenvalue weighted by atomic mass is 9.91. The SMILES string of the molecule is CC(=O)N1CCC[C@@H]1C(=O)N1CCCN(C2CCC2)CC1.Oc1cccnc1. The second-order valence-corrected chi connectivity index (χ2v) is 7.88. The standard InChI is InChI=1S/C16H27N3O2.C5H5NO/c1-13(20)19-10-3-7-15(19)16(21)18-9-4-8-17(11-12-18)14-5-2-6-14;7-5-2-1-3-6-4-5/h14-15H,2-12H2,1H3;1-4,7H/t15-;/m1./s1. The highest BCUT2D eigenvalue weighted by Crippen LogP contribution is 2.26. The third-order valence-corrected chi connectivity index (χ3v) is 6.02. The number of likely N-dealkylation sites (tertiary alicyclic amines) is 1. The van der Waals surface area contributed by atoms with E-state index in [2.05, 4.69) is 9.88 Å². The number of aromatic nitrogens is 1. The highest BCUT2D eigenvalue weighted by atomic mass is 16.3. The smallest absolute Gasteiger partial charge is 0.245 e. The molecule has 7 heteroatoms. The Labute approximate surface area is 167 Å². The number of hydrogen-bond acceptors (Lipinski definition) is 5. The molecule has 1 aromatic rings. The third-order valence-electron chi connectivity index (χ3n) is 6.02. The summed E-state index contributed by atoms with van der Waals surface area (Å²) in [6.45, 7) is 6.13. The van der Waals surface area contributed by atoms with E-state index < -0.39 is 0 Å². The van der Waals surface area contributed by atoms with Crippen molar-refractivity contribution >= 4 is 11.8 Å². The lowest BCUT2D eigenvalue weighted by Gasteiger charge is -2.36. The Morgan fingerprint density at radius 3 is 2.43 bits per heavy atom. The summed E-state index contributed by atoms with van der Waals surface area (Å²) >= 11 is 0. The molecular formula is C21H32N4O3. The van der Waals surface area contributed by atoms with Crippen LogP contribution in [0.1, 0.15) is 45.4 Å². The third kappa shape index (κ3) is 5.22. The van der Waals surface area contributed by atoms with Crippen molar-refractivity contribution in [2.24, 2.45) is 0 Å². The number of nitrogens with zero attached hydrogens (tertiary/aromatic N) is 4. The van der Waals surface area contributed by atoms with Gasteiger partial charge in [0.15, 0.2) is 0 Å². The molecule has 3 fully saturated rings. The van der Waals surface area contributed by atoms with Crippen LogP contribution in [0.5, 0.6) is 5.75 Å². The summed E-state index contributed by atoms with van der Waals surface area (Å²) in [4.78, 5) is 34.4. The molecule has 1 N–H and O–H groups in total. The van der Waals surface area contributed by atoms with Crippen molar-refractivity contribution in [2.75, 3.05) is 32.7 Å². The van der Waals surface area contributed by atoms with Gasteiger partial charge in [-0.1, -0.05) is 6.42 Å². The zero-order valence-corrected chi connectivity index (χ0v) is 16.8. The Balaban J connectivity index is 0.000000271. The first kappa shape index (κ1) is 20.6. The van der Waals surface area contributed by atoms with E-state index >= 15 is 0 Å². The molecule has 7 nitrogen and oxygen atoms in total. The van der Waals surface area contributed by atoms with Crippen molar-refractivity contribution in [1.29, 1.82) is 0 Å². The number of carbonyl (C=O) groups is 2. The number of rotatable bonds is 2. The molecule has 3 aliphatic rings. The largest absolute Gasteiger partial charge is 0.506 e. The molecule has 28 heavy (non-hydrogen) atoms. The maximum absolute atomic E-state index is 12.7. The molecule has 2 amide bonds. The van der Waals surface area contributed by atoms with Crippen molar-refractivity contribution in [3.63, 3.8) is 0 Å². The maximum Gasteiger partial charge on any atom is 0.245 e. The monoisotopic (exact) mass is 388 g/mol. The molecule has 4 rings (SSSR count). The van der Waals surface area contributed by atoms with Crippen LogP contribution in [0.15, 0.2) is 24.5 Å². The Kier molecular flexibility index (Phi) is 7.25. The van der Waals surface area contributed by atoms with Crippen LogP contribution < -0.4 is 0 Å². The predicted octanol–water partition coefficient (Wildman–Crippen LogP) is 1.87. The van der Waals surface area contributed by atoms with E-state index in [0.717, 1.165) is 58.0 Å². The summed E-state index contributed by atoms with van der Waals surface area (Å²) in [7, 11) is 0. The molecule has 1 saturated carbocycles. The highest BCUT2D eigenvalue weighted by molar-refractivity contribution is 5.87. The Morgan fingerprint density at radius 2 is 1.86 bits per heavy atom. The van der Waals surface area contributed by atoms with Gasteiger partial charge >= 0.3 is 0 Å². The first-order chi connectivity index (χ1) is 13.6. The van der Waals surface area contributed by atoms with Gasteiger partial charge < -0.3 is 14.9 Å². The van der Waals surface area contributed by atoms with Crippen LogP contribution >= 0.6 is 0 Å². The first-order valence-electron chi connectivity index (χ1n) is 10.5. The van der Waals surface area contributed by atoms with Gasteiger partial charge in [-0.15, -0.1) is 0 Å². The van der Waals surface area contributed by atoms with E-state index in [-0.39, 0.29) is 23.6 Å². The molecule has 0 spiro atoms. The summed E-state index contributed by atoms with van der Waals surface area (Å²) in [5, 5.41) is 8.57. The Hall–Kier alpha value is -2.15. The minimum atomic E-state index is -0.197.